The number of alkyl halides is 3. The van der Waals surface area contributed by atoms with Crippen molar-refractivity contribution in [1.82, 2.24) is 0 Å². The Hall–Kier alpha value is -2.47. The molecule has 0 unspecified atom stereocenters. The molecule has 29 heavy (non-hydrogen) atoms. The van der Waals surface area contributed by atoms with Gasteiger partial charge in [-0.3, -0.25) is 0 Å². The van der Waals surface area contributed by atoms with Gasteiger partial charge in [0.05, 0.1) is 5.56 Å². The molecule has 0 amide bonds. The Morgan fingerprint density at radius 1 is 0.931 bits per heavy atom. The van der Waals surface area contributed by atoms with Gasteiger partial charge in [0.15, 0.2) is 0 Å². The largest absolute Gasteiger partial charge is 0.416 e. The van der Waals surface area contributed by atoms with Crippen molar-refractivity contribution in [2.75, 3.05) is 0 Å². The third-order valence-electron chi connectivity index (χ3n) is 5.64. The van der Waals surface area contributed by atoms with Gasteiger partial charge < -0.3 is 0 Å². The smallest absolute Gasteiger partial charge is 0.166 e. The van der Waals surface area contributed by atoms with E-state index in [4.69, 9.17) is 0 Å². The molecule has 3 heteroatoms. The molecule has 0 heterocycles. The van der Waals surface area contributed by atoms with Gasteiger partial charge in [-0.25, -0.2) is 0 Å². The summed E-state index contributed by atoms with van der Waals surface area (Å²) in [5, 5.41) is 0. The van der Waals surface area contributed by atoms with Crippen LogP contribution >= 0.6 is 0 Å². The summed E-state index contributed by atoms with van der Waals surface area (Å²) >= 11 is 0. The summed E-state index contributed by atoms with van der Waals surface area (Å²) in [6.45, 7) is 2.20. The second kappa shape index (κ2) is 9.83. The molecule has 3 rings (SSSR count). The first-order valence-electron chi connectivity index (χ1n) is 10.4. The molecule has 0 bridgehead atoms. The highest BCUT2D eigenvalue weighted by molar-refractivity contribution is 5.39. The zero-order valence-corrected chi connectivity index (χ0v) is 16.8. The van der Waals surface area contributed by atoms with Crippen LogP contribution in [0.4, 0.5) is 13.2 Å². The third-order valence-corrected chi connectivity index (χ3v) is 5.64. The summed E-state index contributed by atoms with van der Waals surface area (Å²) in [5.41, 5.74) is 2.82. The van der Waals surface area contributed by atoms with Crippen LogP contribution in [-0.2, 0) is 12.6 Å². The van der Waals surface area contributed by atoms with Crippen molar-refractivity contribution < 1.29 is 13.2 Å². The van der Waals surface area contributed by atoms with E-state index in [-0.39, 0.29) is 0 Å². The number of aryl methyl sites for hydroxylation is 1. The van der Waals surface area contributed by atoms with Gasteiger partial charge in [0.1, 0.15) is 0 Å². The maximum absolute atomic E-state index is 12.6. The van der Waals surface area contributed by atoms with Crippen LogP contribution in [0.15, 0.2) is 60.7 Å². The van der Waals surface area contributed by atoms with Crippen LogP contribution in [0.25, 0.3) is 0 Å². The first kappa shape index (κ1) is 21.2. The average molecular weight is 396 g/mol. The quantitative estimate of drug-likeness (QED) is 0.468. The molecule has 0 atom stereocenters. The molecular weight excluding hydrogens is 369 g/mol. The van der Waals surface area contributed by atoms with Crippen molar-refractivity contribution in [3.63, 3.8) is 0 Å². The maximum atomic E-state index is 12.6. The number of rotatable bonds is 4. The lowest BCUT2D eigenvalue weighted by Crippen LogP contribution is -2.11. The molecule has 152 valence electrons. The highest BCUT2D eigenvalue weighted by Crippen LogP contribution is 2.36. The monoisotopic (exact) mass is 396 g/mol. The van der Waals surface area contributed by atoms with Gasteiger partial charge in [-0.05, 0) is 85.4 Å². The van der Waals surface area contributed by atoms with Gasteiger partial charge in [-0.1, -0.05) is 55.5 Å². The zero-order valence-electron chi connectivity index (χ0n) is 16.8. The van der Waals surface area contributed by atoms with Gasteiger partial charge >= 0.3 is 6.18 Å². The number of allylic oxidation sites excluding steroid dienone is 2. The Morgan fingerprint density at radius 2 is 1.59 bits per heavy atom. The lowest BCUT2D eigenvalue weighted by molar-refractivity contribution is -0.137. The fourth-order valence-corrected chi connectivity index (χ4v) is 3.94. The van der Waals surface area contributed by atoms with E-state index < -0.39 is 11.7 Å². The van der Waals surface area contributed by atoms with E-state index in [1.54, 1.807) is 0 Å². The summed E-state index contributed by atoms with van der Waals surface area (Å²) < 4.78 is 37.7. The molecule has 2 aromatic rings. The molecule has 0 aliphatic heterocycles. The summed E-state index contributed by atoms with van der Waals surface area (Å²) in [6.07, 6.45) is 6.70. The summed E-state index contributed by atoms with van der Waals surface area (Å²) in [4.78, 5) is 0. The number of benzene rings is 2. The predicted molar refractivity (Wildman–Crippen MR) is 113 cm³/mol. The second-order valence-electron chi connectivity index (χ2n) is 7.81. The number of hydrogen-bond acceptors (Lipinski definition) is 0. The Morgan fingerprint density at radius 3 is 2.17 bits per heavy atom. The predicted octanol–water partition coefficient (Wildman–Crippen LogP) is 7.54. The van der Waals surface area contributed by atoms with Crippen LogP contribution in [-0.4, -0.2) is 0 Å². The normalized spacial score (nSPS) is 19.7. The van der Waals surface area contributed by atoms with E-state index in [1.165, 1.54) is 42.5 Å². The van der Waals surface area contributed by atoms with Gasteiger partial charge in [-0.15, -0.1) is 0 Å². The van der Waals surface area contributed by atoms with Crippen molar-refractivity contribution in [2.45, 2.75) is 57.5 Å². The van der Waals surface area contributed by atoms with Gasteiger partial charge in [0.2, 0.25) is 0 Å². The summed E-state index contributed by atoms with van der Waals surface area (Å²) in [7, 11) is 0. The van der Waals surface area contributed by atoms with Gasteiger partial charge in [0.25, 0.3) is 0 Å². The lowest BCUT2D eigenvalue weighted by Gasteiger charge is -2.27. The van der Waals surface area contributed by atoms with Crippen molar-refractivity contribution in [2.24, 2.45) is 5.92 Å². The maximum Gasteiger partial charge on any atom is 0.416 e. The summed E-state index contributed by atoms with van der Waals surface area (Å²) in [5.74, 6) is 7.05. The second-order valence-corrected chi connectivity index (χ2v) is 7.81. The SMILES string of the molecule is CCCc1ccc([C@H]2CC[C@H](/C=C/C#Cc3ccc(C(F)(F)F)cc3)CC2)cc1. The van der Waals surface area contributed by atoms with Gasteiger partial charge in [0, 0.05) is 5.56 Å². The molecule has 0 radical (unpaired) electrons. The molecule has 0 N–H and O–H groups in total. The van der Waals surface area contributed by atoms with Crippen molar-refractivity contribution in [3.8, 4) is 11.8 Å². The van der Waals surface area contributed by atoms with Crippen LogP contribution in [0.5, 0.6) is 0 Å². The van der Waals surface area contributed by atoms with Crippen molar-refractivity contribution >= 4 is 0 Å². The lowest BCUT2D eigenvalue weighted by atomic mass is 9.78. The molecule has 1 saturated carbocycles. The van der Waals surface area contributed by atoms with Crippen LogP contribution in [0.3, 0.4) is 0 Å². The molecule has 1 aliphatic carbocycles. The van der Waals surface area contributed by atoms with Crippen LogP contribution in [0, 0.1) is 17.8 Å². The molecule has 2 aromatic carbocycles. The first-order valence-corrected chi connectivity index (χ1v) is 10.4. The van der Waals surface area contributed by atoms with Crippen LogP contribution in [0.2, 0.25) is 0 Å². The molecule has 0 nitrogen and oxygen atoms in total. The average Bonchev–Trinajstić information content (AvgIpc) is 2.72. The van der Waals surface area contributed by atoms with E-state index in [2.05, 4.69) is 49.1 Å². The van der Waals surface area contributed by atoms with Crippen molar-refractivity contribution in [3.05, 3.63) is 82.9 Å². The molecule has 0 aromatic heterocycles. The number of halogens is 3. The number of hydrogen-bond donors (Lipinski definition) is 0. The van der Waals surface area contributed by atoms with Crippen molar-refractivity contribution in [1.29, 1.82) is 0 Å². The Kier molecular flexibility index (Phi) is 7.20. The minimum Gasteiger partial charge on any atom is -0.166 e. The highest BCUT2D eigenvalue weighted by atomic mass is 19.4. The summed E-state index contributed by atoms with van der Waals surface area (Å²) in [6, 6.07) is 14.1. The topological polar surface area (TPSA) is 0 Å². The fourth-order valence-electron chi connectivity index (χ4n) is 3.94. The van der Waals surface area contributed by atoms with E-state index in [0.29, 0.717) is 17.4 Å². The van der Waals surface area contributed by atoms with E-state index >= 15 is 0 Å². The molecule has 0 spiro atoms. The van der Waals surface area contributed by atoms with E-state index in [0.717, 1.165) is 31.4 Å². The Balaban J connectivity index is 1.48. The molecular formula is C26H27F3. The first-order chi connectivity index (χ1) is 14.0. The third kappa shape index (κ3) is 6.26. The van der Waals surface area contributed by atoms with E-state index in [1.807, 2.05) is 6.08 Å². The zero-order chi connectivity index (χ0) is 20.7. The highest BCUT2D eigenvalue weighted by Gasteiger charge is 2.29. The van der Waals surface area contributed by atoms with Crippen LogP contribution < -0.4 is 0 Å². The minimum absolute atomic E-state index is 0.535. The molecule has 0 saturated heterocycles. The fraction of sp³-hybridized carbons (Fsp3) is 0.385. The van der Waals surface area contributed by atoms with Gasteiger partial charge in [-0.2, -0.15) is 13.2 Å². The minimum atomic E-state index is -4.30. The Labute approximate surface area is 171 Å². The molecule has 1 aliphatic rings. The van der Waals surface area contributed by atoms with E-state index in [9.17, 15) is 13.2 Å². The standard InChI is InChI=1S/C26H27F3/c1-2-5-20-8-14-23(15-9-20)24-16-10-21(11-17-24)6-3-4-7-22-12-18-25(19-13-22)26(27,28)29/h3,6,8-9,12-15,18-19,21,24H,2,5,10-11,16-17H2,1H3/b6-3+/t21-,24-. The Bertz CT molecular complexity index is 853. The molecule has 1 fully saturated rings. The van der Waals surface area contributed by atoms with Crippen LogP contribution in [0.1, 0.15) is 67.2 Å².